The standard InChI is InChI=1S/C18H17ClN4O3/c1-2-16(24)23-5-6-26-10-15(23)12-7-11(8-13(19)9-12)14-3-4-21-18(22-14)17(20)25/h2-4,7-9,15H,1,5-6,10H2,(H2,20,25). The van der Waals surface area contributed by atoms with Crippen LogP contribution < -0.4 is 5.73 Å². The Kier molecular flexibility index (Phi) is 5.29. The van der Waals surface area contributed by atoms with Crippen LogP contribution in [-0.4, -0.2) is 46.4 Å². The van der Waals surface area contributed by atoms with Gasteiger partial charge < -0.3 is 15.4 Å². The lowest BCUT2D eigenvalue weighted by Gasteiger charge is -2.35. The van der Waals surface area contributed by atoms with E-state index >= 15 is 0 Å². The second kappa shape index (κ2) is 7.63. The van der Waals surface area contributed by atoms with Crippen molar-refractivity contribution in [1.82, 2.24) is 14.9 Å². The van der Waals surface area contributed by atoms with Crippen molar-refractivity contribution in [2.24, 2.45) is 5.73 Å². The molecule has 2 N–H and O–H groups in total. The number of amides is 2. The highest BCUT2D eigenvalue weighted by Gasteiger charge is 2.28. The van der Waals surface area contributed by atoms with E-state index < -0.39 is 5.91 Å². The fourth-order valence-electron chi connectivity index (χ4n) is 2.85. The molecule has 1 aromatic heterocycles. The third-order valence-corrected chi connectivity index (χ3v) is 4.28. The summed E-state index contributed by atoms with van der Waals surface area (Å²) in [7, 11) is 0. The number of rotatable bonds is 4. The molecule has 1 atom stereocenters. The van der Waals surface area contributed by atoms with Crippen molar-refractivity contribution >= 4 is 23.4 Å². The lowest BCUT2D eigenvalue weighted by molar-refractivity contribution is -0.134. The molecule has 1 aliphatic rings. The topological polar surface area (TPSA) is 98.4 Å². The van der Waals surface area contributed by atoms with E-state index in [0.717, 1.165) is 5.56 Å². The van der Waals surface area contributed by atoms with E-state index in [-0.39, 0.29) is 17.8 Å². The minimum absolute atomic E-state index is 0.0755. The molecule has 3 rings (SSSR count). The van der Waals surface area contributed by atoms with Crippen molar-refractivity contribution in [2.75, 3.05) is 19.8 Å². The number of carbonyl (C=O) groups excluding carboxylic acids is 2. The van der Waals surface area contributed by atoms with Crippen LogP contribution in [-0.2, 0) is 9.53 Å². The minimum Gasteiger partial charge on any atom is -0.377 e. The van der Waals surface area contributed by atoms with Crippen LogP contribution in [0.4, 0.5) is 0 Å². The van der Waals surface area contributed by atoms with Gasteiger partial charge in [-0.05, 0) is 35.9 Å². The molecule has 0 radical (unpaired) electrons. The molecule has 0 aliphatic carbocycles. The van der Waals surface area contributed by atoms with Gasteiger partial charge in [0.2, 0.25) is 11.7 Å². The number of halogens is 1. The largest absolute Gasteiger partial charge is 0.377 e. The number of primary amides is 1. The van der Waals surface area contributed by atoms with Crippen molar-refractivity contribution in [3.05, 3.63) is 59.5 Å². The zero-order chi connectivity index (χ0) is 18.7. The van der Waals surface area contributed by atoms with Crippen LogP contribution >= 0.6 is 11.6 Å². The first-order valence-corrected chi connectivity index (χ1v) is 8.32. The molecule has 1 aliphatic heterocycles. The fourth-order valence-corrected chi connectivity index (χ4v) is 3.10. The first-order valence-electron chi connectivity index (χ1n) is 7.94. The minimum atomic E-state index is -0.711. The van der Waals surface area contributed by atoms with Crippen LogP contribution in [0.25, 0.3) is 11.3 Å². The summed E-state index contributed by atoms with van der Waals surface area (Å²) in [5, 5.41) is 0.480. The molecule has 2 aromatic rings. The normalized spacial score (nSPS) is 17.0. The second-order valence-electron chi connectivity index (χ2n) is 5.73. The maximum absolute atomic E-state index is 12.2. The molecule has 1 unspecified atom stereocenters. The fraction of sp³-hybridized carbons (Fsp3) is 0.222. The van der Waals surface area contributed by atoms with E-state index in [1.807, 2.05) is 6.07 Å². The molecule has 2 amide bonds. The smallest absolute Gasteiger partial charge is 0.286 e. The van der Waals surface area contributed by atoms with Gasteiger partial charge in [-0.1, -0.05) is 18.2 Å². The zero-order valence-corrected chi connectivity index (χ0v) is 14.6. The van der Waals surface area contributed by atoms with Gasteiger partial charge in [-0.15, -0.1) is 0 Å². The van der Waals surface area contributed by atoms with Gasteiger partial charge in [-0.2, -0.15) is 0 Å². The first-order chi connectivity index (χ1) is 12.5. The summed E-state index contributed by atoms with van der Waals surface area (Å²) < 4.78 is 5.54. The first kappa shape index (κ1) is 18.0. The summed E-state index contributed by atoms with van der Waals surface area (Å²) in [6.45, 7) is 4.85. The summed E-state index contributed by atoms with van der Waals surface area (Å²) in [5.74, 6) is -0.955. The molecule has 0 bridgehead atoms. The quantitative estimate of drug-likeness (QED) is 0.827. The Labute approximate surface area is 155 Å². The van der Waals surface area contributed by atoms with Gasteiger partial charge in [0.05, 0.1) is 24.9 Å². The molecule has 0 spiro atoms. The molecular weight excluding hydrogens is 356 g/mol. The predicted octanol–water partition coefficient (Wildman–Crippen LogP) is 1.98. The number of benzene rings is 1. The van der Waals surface area contributed by atoms with Gasteiger partial charge in [0.1, 0.15) is 0 Å². The third kappa shape index (κ3) is 3.74. The van der Waals surface area contributed by atoms with Crippen LogP contribution in [0, 0.1) is 0 Å². The Hall–Kier alpha value is -2.77. The van der Waals surface area contributed by atoms with E-state index in [2.05, 4.69) is 16.5 Å². The third-order valence-electron chi connectivity index (χ3n) is 4.06. The molecule has 2 heterocycles. The van der Waals surface area contributed by atoms with Crippen molar-refractivity contribution < 1.29 is 14.3 Å². The molecule has 1 aromatic carbocycles. The van der Waals surface area contributed by atoms with Crippen LogP contribution in [0.2, 0.25) is 5.02 Å². The number of nitrogens with zero attached hydrogens (tertiary/aromatic N) is 3. The number of carbonyl (C=O) groups is 2. The van der Waals surface area contributed by atoms with Gasteiger partial charge in [0.15, 0.2) is 0 Å². The van der Waals surface area contributed by atoms with E-state index in [1.165, 1.54) is 12.3 Å². The molecule has 7 nitrogen and oxygen atoms in total. The maximum atomic E-state index is 12.2. The molecule has 1 fully saturated rings. The van der Waals surface area contributed by atoms with Crippen molar-refractivity contribution in [1.29, 1.82) is 0 Å². The Morgan fingerprint density at radius 3 is 2.92 bits per heavy atom. The van der Waals surface area contributed by atoms with Crippen molar-refractivity contribution in [3.63, 3.8) is 0 Å². The molecule has 26 heavy (non-hydrogen) atoms. The summed E-state index contributed by atoms with van der Waals surface area (Å²) in [5.41, 5.74) is 7.25. The number of hydrogen-bond donors (Lipinski definition) is 1. The number of hydrogen-bond acceptors (Lipinski definition) is 5. The van der Waals surface area contributed by atoms with E-state index in [9.17, 15) is 9.59 Å². The highest BCUT2D eigenvalue weighted by Crippen LogP contribution is 2.31. The van der Waals surface area contributed by atoms with Gasteiger partial charge >= 0.3 is 0 Å². The number of nitrogens with two attached hydrogens (primary N) is 1. The summed E-state index contributed by atoms with van der Waals surface area (Å²) in [6.07, 6.45) is 2.74. The molecular formula is C18H17ClN4O3. The van der Waals surface area contributed by atoms with Crippen LogP contribution in [0.1, 0.15) is 22.2 Å². The van der Waals surface area contributed by atoms with Gasteiger partial charge in [-0.3, -0.25) is 9.59 Å². The van der Waals surface area contributed by atoms with Gasteiger partial charge in [-0.25, -0.2) is 9.97 Å². The zero-order valence-electron chi connectivity index (χ0n) is 13.9. The van der Waals surface area contributed by atoms with Gasteiger partial charge in [0, 0.05) is 23.3 Å². The second-order valence-corrected chi connectivity index (χ2v) is 6.17. The van der Waals surface area contributed by atoms with Crippen LogP contribution in [0.15, 0.2) is 43.1 Å². The lowest BCUT2D eigenvalue weighted by atomic mass is 10.0. The molecule has 8 heteroatoms. The monoisotopic (exact) mass is 372 g/mol. The average Bonchev–Trinajstić information content (AvgIpc) is 2.67. The van der Waals surface area contributed by atoms with E-state index in [0.29, 0.717) is 36.0 Å². The van der Waals surface area contributed by atoms with E-state index in [4.69, 9.17) is 22.1 Å². The summed E-state index contributed by atoms with van der Waals surface area (Å²) in [6, 6.07) is 6.74. The lowest BCUT2D eigenvalue weighted by Crippen LogP contribution is -2.42. The molecule has 0 saturated carbocycles. The molecule has 134 valence electrons. The average molecular weight is 373 g/mol. The van der Waals surface area contributed by atoms with Crippen LogP contribution in [0.3, 0.4) is 0 Å². The van der Waals surface area contributed by atoms with Crippen molar-refractivity contribution in [3.8, 4) is 11.3 Å². The Balaban J connectivity index is 2.02. The number of ether oxygens (including phenoxy) is 1. The van der Waals surface area contributed by atoms with Crippen LogP contribution in [0.5, 0.6) is 0 Å². The highest BCUT2D eigenvalue weighted by molar-refractivity contribution is 6.31. The van der Waals surface area contributed by atoms with Gasteiger partial charge in [0.25, 0.3) is 5.91 Å². The number of aromatic nitrogens is 2. The number of morpholine rings is 1. The Morgan fingerprint density at radius 1 is 1.38 bits per heavy atom. The molecule has 1 saturated heterocycles. The predicted molar refractivity (Wildman–Crippen MR) is 96.5 cm³/mol. The van der Waals surface area contributed by atoms with Crippen molar-refractivity contribution in [2.45, 2.75) is 6.04 Å². The highest BCUT2D eigenvalue weighted by atomic mass is 35.5. The Bertz CT molecular complexity index is 871. The Morgan fingerprint density at radius 2 is 2.19 bits per heavy atom. The summed E-state index contributed by atoms with van der Waals surface area (Å²) in [4.78, 5) is 33.2. The van der Waals surface area contributed by atoms with E-state index in [1.54, 1.807) is 23.1 Å². The maximum Gasteiger partial charge on any atom is 0.286 e. The SMILES string of the molecule is C=CC(=O)N1CCOCC1c1cc(Cl)cc(-c2ccnc(C(N)=O)n2)c1. The summed E-state index contributed by atoms with van der Waals surface area (Å²) >= 11 is 6.28.